The highest BCUT2D eigenvalue weighted by Crippen LogP contribution is 2.36. The first-order chi connectivity index (χ1) is 24.0. The van der Waals surface area contributed by atoms with Crippen molar-refractivity contribution in [1.82, 2.24) is 9.80 Å². The van der Waals surface area contributed by atoms with Gasteiger partial charge >= 0.3 is 24.3 Å². The molecule has 0 unspecified atom stereocenters. The molecule has 274 valence electrons. The second-order valence-corrected chi connectivity index (χ2v) is 13.3. The summed E-state index contributed by atoms with van der Waals surface area (Å²) in [6.07, 6.45) is -6.76. The van der Waals surface area contributed by atoms with Crippen LogP contribution in [-0.4, -0.2) is 71.9 Å². The number of primary amides is 1. The zero-order chi connectivity index (χ0) is 37.6. The number of halogens is 3. The van der Waals surface area contributed by atoms with Crippen LogP contribution < -0.4 is 10.5 Å². The Hall–Kier alpha value is -5.27. The molecule has 0 bridgehead atoms. The standard InChI is InChI=1S/C37H42F3N3O8/c1-35(2,3)51-33(46)42(21-25-11-14-28(15-12-25)37(38,39)40)22-27-18-30(48-4)16-13-26(27)19-36(32(41)45,20-31(44)49-5)43-29(23-50-34(43)47)17-24-9-7-6-8-10-24/h6-16,18,29H,17,19-23H2,1-5H3,(H2,41,45)/t29-,36+/m1/s1. The molecule has 0 aliphatic carbocycles. The molecule has 1 aliphatic heterocycles. The molecule has 4 rings (SSSR count). The van der Waals surface area contributed by atoms with E-state index in [9.17, 15) is 32.3 Å². The SMILES string of the molecule is COC(=O)C[C@@](Cc1ccc(OC)cc1CN(Cc1ccc(C(F)(F)F)cc1)C(=O)OC(C)(C)C)(C(N)=O)N1C(=O)OC[C@H]1Cc1ccccc1. The van der Waals surface area contributed by atoms with Gasteiger partial charge in [-0.3, -0.25) is 19.4 Å². The maximum absolute atomic E-state index is 13.6. The first-order valence-corrected chi connectivity index (χ1v) is 16.1. The van der Waals surface area contributed by atoms with E-state index in [0.29, 0.717) is 22.4 Å². The highest BCUT2D eigenvalue weighted by molar-refractivity contribution is 5.94. The number of methoxy groups -OCH3 is 2. The zero-order valence-corrected chi connectivity index (χ0v) is 29.1. The maximum atomic E-state index is 13.6. The Balaban J connectivity index is 1.80. The van der Waals surface area contributed by atoms with E-state index in [1.807, 2.05) is 30.3 Å². The Labute approximate surface area is 294 Å². The first kappa shape index (κ1) is 38.5. The predicted molar refractivity (Wildman–Crippen MR) is 179 cm³/mol. The van der Waals surface area contributed by atoms with Gasteiger partial charge in [0.15, 0.2) is 0 Å². The zero-order valence-electron chi connectivity index (χ0n) is 29.1. The maximum Gasteiger partial charge on any atom is 0.416 e. The molecule has 0 spiro atoms. The number of carbonyl (C=O) groups is 4. The van der Waals surface area contributed by atoms with Gasteiger partial charge in [0.05, 0.1) is 32.2 Å². The Kier molecular flexibility index (Phi) is 11.9. The van der Waals surface area contributed by atoms with Crippen molar-refractivity contribution in [3.05, 3.63) is 101 Å². The number of carbonyl (C=O) groups excluding carboxylic acids is 4. The number of alkyl halides is 3. The van der Waals surface area contributed by atoms with Gasteiger partial charge in [-0.1, -0.05) is 48.5 Å². The van der Waals surface area contributed by atoms with Gasteiger partial charge < -0.3 is 24.7 Å². The second kappa shape index (κ2) is 15.7. The lowest BCUT2D eigenvalue weighted by molar-refractivity contribution is -0.148. The van der Waals surface area contributed by atoms with Crippen molar-refractivity contribution in [2.45, 2.75) is 76.5 Å². The van der Waals surface area contributed by atoms with Crippen molar-refractivity contribution >= 4 is 24.1 Å². The average Bonchev–Trinajstić information content (AvgIpc) is 3.43. The largest absolute Gasteiger partial charge is 0.497 e. The number of ether oxygens (including phenoxy) is 4. The molecule has 1 fully saturated rings. The summed E-state index contributed by atoms with van der Waals surface area (Å²) in [6.45, 7) is 4.63. The molecule has 3 aromatic rings. The molecule has 0 saturated carbocycles. The van der Waals surface area contributed by atoms with Crippen LogP contribution in [0.25, 0.3) is 0 Å². The van der Waals surface area contributed by atoms with Gasteiger partial charge in [-0.2, -0.15) is 13.2 Å². The van der Waals surface area contributed by atoms with E-state index in [0.717, 1.165) is 24.8 Å². The number of hydrogen-bond acceptors (Lipinski definition) is 8. The van der Waals surface area contributed by atoms with Crippen LogP contribution in [0.15, 0.2) is 72.8 Å². The minimum atomic E-state index is -4.54. The fraction of sp³-hybridized carbons (Fsp3) is 0.405. The van der Waals surface area contributed by atoms with Crippen molar-refractivity contribution in [3.8, 4) is 5.75 Å². The lowest BCUT2D eigenvalue weighted by Gasteiger charge is -2.40. The van der Waals surface area contributed by atoms with Gasteiger partial charge in [0.1, 0.15) is 23.5 Å². The molecule has 51 heavy (non-hydrogen) atoms. The Bertz CT molecular complexity index is 1710. The van der Waals surface area contributed by atoms with Crippen LogP contribution >= 0.6 is 0 Å². The van der Waals surface area contributed by atoms with Gasteiger partial charge in [0.25, 0.3) is 0 Å². The molecule has 1 heterocycles. The molecular formula is C37H42F3N3O8. The van der Waals surface area contributed by atoms with Crippen LogP contribution in [-0.2, 0) is 55.9 Å². The summed E-state index contributed by atoms with van der Waals surface area (Å²) in [5.74, 6) is -1.41. The number of esters is 1. The molecule has 1 aliphatic rings. The van der Waals surface area contributed by atoms with Crippen molar-refractivity contribution < 1.29 is 51.3 Å². The van der Waals surface area contributed by atoms with Gasteiger partial charge in [-0.15, -0.1) is 0 Å². The number of hydrogen-bond donors (Lipinski definition) is 1. The molecule has 2 N–H and O–H groups in total. The van der Waals surface area contributed by atoms with Crippen molar-refractivity contribution in [1.29, 1.82) is 0 Å². The summed E-state index contributed by atoms with van der Waals surface area (Å²) in [7, 11) is 2.59. The van der Waals surface area contributed by atoms with Crippen LogP contribution in [0.3, 0.4) is 0 Å². The van der Waals surface area contributed by atoms with Gasteiger partial charge in [-0.25, -0.2) is 9.59 Å². The summed E-state index contributed by atoms with van der Waals surface area (Å²) in [4.78, 5) is 56.1. The van der Waals surface area contributed by atoms with E-state index < -0.39 is 59.4 Å². The third kappa shape index (κ3) is 9.71. The summed E-state index contributed by atoms with van der Waals surface area (Å²) in [6, 6.07) is 17.8. The molecule has 14 heteroatoms. The topological polar surface area (TPSA) is 138 Å². The normalized spacial score (nSPS) is 15.8. The van der Waals surface area contributed by atoms with E-state index in [1.54, 1.807) is 39.0 Å². The van der Waals surface area contributed by atoms with Crippen molar-refractivity contribution in [3.63, 3.8) is 0 Å². The van der Waals surface area contributed by atoms with E-state index in [2.05, 4.69) is 0 Å². The van der Waals surface area contributed by atoms with Crippen molar-refractivity contribution in [2.24, 2.45) is 5.73 Å². The molecular weight excluding hydrogens is 671 g/mol. The van der Waals surface area contributed by atoms with Gasteiger partial charge in [0.2, 0.25) is 5.91 Å². The van der Waals surface area contributed by atoms with E-state index in [4.69, 9.17) is 24.7 Å². The summed E-state index contributed by atoms with van der Waals surface area (Å²) >= 11 is 0. The average molecular weight is 714 g/mol. The van der Waals surface area contributed by atoms with Crippen LogP contribution in [0, 0.1) is 0 Å². The Morgan fingerprint density at radius 1 is 0.922 bits per heavy atom. The number of benzene rings is 3. The summed E-state index contributed by atoms with van der Waals surface area (Å²) in [5.41, 5.74) is 4.44. The smallest absolute Gasteiger partial charge is 0.416 e. The lowest BCUT2D eigenvalue weighted by Crippen LogP contribution is -2.63. The third-order valence-corrected chi connectivity index (χ3v) is 8.42. The molecule has 2 atom stereocenters. The number of rotatable bonds is 13. The monoisotopic (exact) mass is 713 g/mol. The minimum Gasteiger partial charge on any atom is -0.497 e. The molecule has 1 saturated heterocycles. The predicted octanol–water partition coefficient (Wildman–Crippen LogP) is 6.04. The Morgan fingerprint density at radius 3 is 2.16 bits per heavy atom. The van der Waals surface area contributed by atoms with Crippen LogP contribution in [0.5, 0.6) is 5.75 Å². The van der Waals surface area contributed by atoms with Gasteiger partial charge in [0, 0.05) is 19.5 Å². The lowest BCUT2D eigenvalue weighted by atomic mass is 9.82. The molecule has 0 aromatic heterocycles. The molecule has 0 radical (unpaired) electrons. The summed E-state index contributed by atoms with van der Waals surface area (Å²) in [5, 5.41) is 0. The molecule has 3 aromatic carbocycles. The quantitative estimate of drug-likeness (QED) is 0.167. The van der Waals surface area contributed by atoms with E-state index in [-0.39, 0.29) is 32.5 Å². The number of nitrogens with zero attached hydrogens (tertiary/aromatic N) is 2. The minimum absolute atomic E-state index is 0.0705. The van der Waals surface area contributed by atoms with Gasteiger partial charge in [-0.05, 0) is 73.7 Å². The number of amides is 3. The third-order valence-electron chi connectivity index (χ3n) is 8.42. The molecule has 3 amide bonds. The highest BCUT2D eigenvalue weighted by atomic mass is 19.4. The van der Waals surface area contributed by atoms with Crippen molar-refractivity contribution in [2.75, 3.05) is 20.8 Å². The summed E-state index contributed by atoms with van der Waals surface area (Å²) < 4.78 is 61.3. The van der Waals surface area contributed by atoms with E-state index >= 15 is 0 Å². The number of nitrogens with two attached hydrogens (primary N) is 1. The van der Waals surface area contributed by atoms with Crippen LogP contribution in [0.2, 0.25) is 0 Å². The fourth-order valence-corrected chi connectivity index (χ4v) is 5.96. The van der Waals surface area contributed by atoms with E-state index in [1.165, 1.54) is 29.0 Å². The fourth-order valence-electron chi connectivity index (χ4n) is 5.96. The van der Waals surface area contributed by atoms with Crippen LogP contribution in [0.1, 0.15) is 55.0 Å². The highest BCUT2D eigenvalue weighted by Gasteiger charge is 2.54. The number of cyclic esters (lactones) is 1. The first-order valence-electron chi connectivity index (χ1n) is 16.1. The second-order valence-electron chi connectivity index (χ2n) is 13.3. The molecule has 11 nitrogen and oxygen atoms in total. The van der Waals surface area contributed by atoms with Crippen LogP contribution in [0.4, 0.5) is 22.8 Å². The Morgan fingerprint density at radius 2 is 1.59 bits per heavy atom.